The highest BCUT2D eigenvalue weighted by molar-refractivity contribution is 5.68. The zero-order valence-corrected chi connectivity index (χ0v) is 20.4. The summed E-state index contributed by atoms with van der Waals surface area (Å²) in [6.45, 7) is 3.27. The number of methoxy groups -OCH3 is 1. The normalized spacial score (nSPS) is 19.2. The molecule has 1 saturated heterocycles. The number of nitrogens with zero attached hydrogens (tertiary/aromatic N) is 2. The Labute approximate surface area is 208 Å². The molecular formula is C26H31F3N2O5. The first-order valence-electron chi connectivity index (χ1n) is 12.1. The van der Waals surface area contributed by atoms with Gasteiger partial charge in [-0.25, -0.2) is 4.98 Å². The fourth-order valence-electron chi connectivity index (χ4n) is 4.86. The molecule has 1 N–H and O–H groups in total. The number of ether oxygens (including phenoxy) is 3. The molecule has 0 radical (unpaired) electrons. The second-order valence-corrected chi connectivity index (χ2v) is 9.42. The quantitative estimate of drug-likeness (QED) is 0.512. The van der Waals surface area contributed by atoms with Crippen molar-refractivity contribution in [2.24, 2.45) is 5.92 Å². The number of hydrogen-bond donors (Lipinski definition) is 1. The molecule has 3 heterocycles. The van der Waals surface area contributed by atoms with Gasteiger partial charge in [0.2, 0.25) is 5.88 Å². The third-order valence-corrected chi connectivity index (χ3v) is 7.07. The highest BCUT2D eigenvalue weighted by Crippen LogP contribution is 2.41. The van der Waals surface area contributed by atoms with Gasteiger partial charge in [-0.3, -0.25) is 4.79 Å². The van der Waals surface area contributed by atoms with Crippen LogP contribution in [0.4, 0.5) is 18.9 Å². The summed E-state index contributed by atoms with van der Waals surface area (Å²) in [6, 6.07) is 6.52. The Morgan fingerprint density at radius 1 is 1.25 bits per heavy atom. The lowest BCUT2D eigenvalue weighted by atomic mass is 9.91. The van der Waals surface area contributed by atoms with E-state index in [0.717, 1.165) is 18.4 Å². The minimum atomic E-state index is -4.33. The van der Waals surface area contributed by atoms with Crippen molar-refractivity contribution >= 4 is 11.7 Å². The summed E-state index contributed by atoms with van der Waals surface area (Å²) in [4.78, 5) is 17.5. The maximum Gasteiger partial charge on any atom is 0.395 e. The van der Waals surface area contributed by atoms with Gasteiger partial charge in [0.1, 0.15) is 11.5 Å². The molecule has 1 aromatic carbocycles. The third kappa shape index (κ3) is 5.96. The lowest BCUT2D eigenvalue weighted by Gasteiger charge is -2.36. The average Bonchev–Trinajstić information content (AvgIpc) is 2.86. The van der Waals surface area contributed by atoms with Crippen molar-refractivity contribution in [2.45, 2.75) is 50.6 Å². The maximum atomic E-state index is 13.5. The zero-order chi connectivity index (χ0) is 25.9. The minimum Gasteiger partial charge on any atom is -0.497 e. The summed E-state index contributed by atoms with van der Waals surface area (Å²) in [5.74, 6) is -0.819. The van der Waals surface area contributed by atoms with E-state index in [9.17, 15) is 23.1 Å². The first-order valence-corrected chi connectivity index (χ1v) is 12.1. The number of pyridine rings is 1. The number of aromatic nitrogens is 1. The predicted molar refractivity (Wildman–Crippen MR) is 127 cm³/mol. The maximum absolute atomic E-state index is 13.5. The van der Waals surface area contributed by atoms with Gasteiger partial charge in [-0.1, -0.05) is 6.07 Å². The SMILES string of the molecule is COc1ccc(C(C)C(F)(F)F)c(N2CCC(COc3cc4c(cn3)OCCC4CC(=O)O)CC2)c1. The van der Waals surface area contributed by atoms with Gasteiger partial charge >= 0.3 is 12.1 Å². The van der Waals surface area contributed by atoms with Gasteiger partial charge in [-0.05, 0) is 43.7 Å². The Morgan fingerprint density at radius 2 is 2.00 bits per heavy atom. The van der Waals surface area contributed by atoms with Crippen LogP contribution < -0.4 is 19.1 Å². The molecule has 2 unspecified atom stereocenters. The summed E-state index contributed by atoms with van der Waals surface area (Å²) in [6.07, 6.45) is -0.587. The number of carboxylic acid groups (broad SMARTS) is 1. The summed E-state index contributed by atoms with van der Waals surface area (Å²) < 4.78 is 57.2. The highest BCUT2D eigenvalue weighted by Gasteiger charge is 2.39. The second-order valence-electron chi connectivity index (χ2n) is 9.42. The fraction of sp³-hybridized carbons (Fsp3) is 0.538. The molecule has 2 aliphatic rings. The molecule has 2 aromatic rings. The Hall–Kier alpha value is -3.17. The van der Waals surface area contributed by atoms with Crippen LogP contribution in [0.15, 0.2) is 30.5 Å². The van der Waals surface area contributed by atoms with Crippen LogP contribution in [0.5, 0.6) is 17.4 Å². The Kier molecular flexibility index (Phi) is 7.80. The van der Waals surface area contributed by atoms with Crippen molar-refractivity contribution in [3.63, 3.8) is 0 Å². The molecule has 1 aromatic heterocycles. The lowest BCUT2D eigenvalue weighted by molar-refractivity contribution is -0.146. The van der Waals surface area contributed by atoms with Crippen LogP contribution in [0.25, 0.3) is 0 Å². The van der Waals surface area contributed by atoms with Gasteiger partial charge in [0.15, 0.2) is 0 Å². The van der Waals surface area contributed by atoms with Crippen LogP contribution in [-0.4, -0.2) is 55.6 Å². The van der Waals surface area contributed by atoms with Crippen molar-refractivity contribution < 1.29 is 37.3 Å². The molecule has 2 atom stereocenters. The summed E-state index contributed by atoms with van der Waals surface area (Å²) in [5.41, 5.74) is 1.60. The van der Waals surface area contributed by atoms with Crippen molar-refractivity contribution in [3.8, 4) is 17.4 Å². The first-order chi connectivity index (χ1) is 17.2. The standard InChI is InChI=1S/C26H31F3N2O5/c1-16(26(27,28)29)20-4-3-19(34-2)12-22(20)31-8-5-17(6-9-31)15-36-24-13-21-18(11-25(32)33)7-10-35-23(21)14-30-24/h3-4,12-14,16-18H,5-11,15H2,1-2H3,(H,32,33). The number of alkyl halides is 3. The van der Waals surface area contributed by atoms with Crippen LogP contribution in [-0.2, 0) is 4.79 Å². The molecule has 1 fully saturated rings. The van der Waals surface area contributed by atoms with E-state index >= 15 is 0 Å². The molecule has 196 valence electrons. The number of benzene rings is 1. The van der Waals surface area contributed by atoms with E-state index in [2.05, 4.69) is 4.98 Å². The van der Waals surface area contributed by atoms with Crippen LogP contribution in [0.1, 0.15) is 55.6 Å². The number of aliphatic carboxylic acids is 1. The number of fused-ring (bicyclic) bond motifs is 1. The van der Waals surface area contributed by atoms with E-state index < -0.39 is 18.1 Å². The third-order valence-electron chi connectivity index (χ3n) is 7.07. The van der Waals surface area contributed by atoms with Crippen LogP contribution >= 0.6 is 0 Å². The average molecular weight is 509 g/mol. The number of anilines is 1. The van der Waals surface area contributed by atoms with Gasteiger partial charge in [0.05, 0.1) is 38.9 Å². The zero-order valence-electron chi connectivity index (χ0n) is 20.4. The molecule has 0 spiro atoms. The van der Waals surface area contributed by atoms with Crippen molar-refractivity contribution in [3.05, 3.63) is 41.6 Å². The largest absolute Gasteiger partial charge is 0.497 e. The van der Waals surface area contributed by atoms with Crippen molar-refractivity contribution in [2.75, 3.05) is 38.3 Å². The smallest absolute Gasteiger partial charge is 0.395 e. The number of carboxylic acids is 1. The summed E-state index contributed by atoms with van der Waals surface area (Å²) >= 11 is 0. The molecule has 0 amide bonds. The number of hydrogen-bond acceptors (Lipinski definition) is 6. The molecule has 0 aliphatic carbocycles. The van der Waals surface area contributed by atoms with E-state index in [1.807, 2.05) is 4.90 Å². The Morgan fingerprint density at radius 3 is 2.67 bits per heavy atom. The summed E-state index contributed by atoms with van der Waals surface area (Å²) in [5, 5.41) is 9.20. The summed E-state index contributed by atoms with van der Waals surface area (Å²) in [7, 11) is 1.50. The van der Waals surface area contributed by atoms with E-state index in [1.54, 1.807) is 24.4 Å². The number of halogens is 3. The van der Waals surface area contributed by atoms with Crippen molar-refractivity contribution in [1.82, 2.24) is 4.98 Å². The topological polar surface area (TPSA) is 81.1 Å². The molecule has 0 saturated carbocycles. The Balaban J connectivity index is 1.39. The van der Waals surface area contributed by atoms with Crippen LogP contribution in [0, 0.1) is 5.92 Å². The van der Waals surface area contributed by atoms with Gasteiger partial charge in [-0.2, -0.15) is 13.2 Å². The van der Waals surface area contributed by atoms with Gasteiger partial charge in [-0.15, -0.1) is 0 Å². The van der Waals surface area contributed by atoms with Gasteiger partial charge in [0.25, 0.3) is 0 Å². The van der Waals surface area contributed by atoms with E-state index in [1.165, 1.54) is 20.1 Å². The van der Waals surface area contributed by atoms with Crippen LogP contribution in [0.2, 0.25) is 0 Å². The fourth-order valence-corrected chi connectivity index (χ4v) is 4.86. The lowest BCUT2D eigenvalue weighted by Crippen LogP contribution is -2.36. The monoisotopic (exact) mass is 508 g/mol. The number of piperidine rings is 1. The second kappa shape index (κ2) is 10.8. The molecule has 4 rings (SSSR count). The van der Waals surface area contributed by atoms with Crippen LogP contribution in [0.3, 0.4) is 0 Å². The Bertz CT molecular complexity index is 1070. The predicted octanol–water partition coefficient (Wildman–Crippen LogP) is 5.39. The van der Waals surface area contributed by atoms with Crippen molar-refractivity contribution in [1.29, 1.82) is 0 Å². The van der Waals surface area contributed by atoms with Gasteiger partial charge < -0.3 is 24.2 Å². The van der Waals surface area contributed by atoms with E-state index in [4.69, 9.17) is 14.2 Å². The molecule has 0 bridgehead atoms. The first kappa shape index (κ1) is 25.9. The van der Waals surface area contributed by atoms with E-state index in [-0.39, 0.29) is 23.8 Å². The molecule has 7 nitrogen and oxygen atoms in total. The minimum absolute atomic E-state index is 0.0253. The van der Waals surface area contributed by atoms with Gasteiger partial charge in [0, 0.05) is 42.4 Å². The number of carbonyl (C=O) groups is 1. The number of rotatable bonds is 8. The molecule has 2 aliphatic heterocycles. The molecule has 10 heteroatoms. The molecule has 36 heavy (non-hydrogen) atoms. The molecular weight excluding hydrogens is 477 g/mol. The van der Waals surface area contributed by atoms with E-state index in [0.29, 0.717) is 55.8 Å². The highest BCUT2D eigenvalue weighted by atomic mass is 19.4.